The van der Waals surface area contributed by atoms with Crippen LogP contribution in [0.25, 0.3) is 0 Å². The molecule has 0 aliphatic carbocycles. The number of hydrogen-bond acceptors (Lipinski definition) is 5. The van der Waals surface area contributed by atoms with Gasteiger partial charge in [-0.2, -0.15) is 5.10 Å². The maximum Gasteiger partial charge on any atom is 0.368 e. The lowest BCUT2D eigenvalue weighted by Crippen LogP contribution is -2.32. The zero-order valence-electron chi connectivity index (χ0n) is 11.7. The normalized spacial score (nSPS) is 13.5. The molecule has 0 fully saturated rings. The Hall–Kier alpha value is -2.67. The van der Waals surface area contributed by atoms with E-state index in [1.54, 1.807) is 26.1 Å². The number of amides is 2. The van der Waals surface area contributed by atoms with Crippen LogP contribution in [0.15, 0.2) is 24.3 Å². The van der Waals surface area contributed by atoms with Gasteiger partial charge in [0.1, 0.15) is 5.56 Å². The van der Waals surface area contributed by atoms with E-state index >= 15 is 0 Å². The average molecular weight is 320 g/mol. The molecule has 1 aromatic carbocycles. The molecule has 1 aromatic heterocycles. The molecule has 1 aliphatic heterocycles. The van der Waals surface area contributed by atoms with Crippen molar-refractivity contribution in [2.75, 3.05) is 0 Å². The van der Waals surface area contributed by atoms with Gasteiger partial charge >= 0.3 is 5.97 Å². The number of nitrogens with zero attached hydrogens (tertiary/aromatic N) is 3. The number of fused-ring (bicyclic) bond motifs is 1. The number of aryl methyl sites for hydroxylation is 1. The molecule has 0 saturated heterocycles. The topological polar surface area (TPSA) is 81.5 Å². The van der Waals surface area contributed by atoms with Gasteiger partial charge in [-0.1, -0.05) is 28.8 Å². The predicted octanol–water partition coefficient (Wildman–Crippen LogP) is 1.75. The van der Waals surface area contributed by atoms with Crippen molar-refractivity contribution in [2.45, 2.75) is 6.92 Å². The number of carbonyl (C=O) groups excluding carboxylic acids is 3. The fraction of sp³-hybridized carbons (Fsp3) is 0.143. The highest BCUT2D eigenvalue weighted by atomic mass is 35.5. The molecule has 0 saturated carbocycles. The molecule has 2 amide bonds. The average Bonchev–Trinajstić information content (AvgIpc) is 2.88. The first kappa shape index (κ1) is 14.3. The minimum absolute atomic E-state index is 0.0146. The highest BCUT2D eigenvalue weighted by Crippen LogP contribution is 2.25. The standard InChI is InChI=1S/C14H10ClN3O4/c1-7-10(11(15)16-17(7)2)14(21)22-18-12(19)8-5-3-4-6-9(8)13(18)20/h3-6H,1-2H3. The summed E-state index contributed by atoms with van der Waals surface area (Å²) in [6.07, 6.45) is 0. The molecule has 0 radical (unpaired) electrons. The van der Waals surface area contributed by atoms with Crippen LogP contribution < -0.4 is 0 Å². The van der Waals surface area contributed by atoms with Crippen LogP contribution in [0.3, 0.4) is 0 Å². The Labute approximate surface area is 130 Å². The van der Waals surface area contributed by atoms with Crippen molar-refractivity contribution in [3.63, 3.8) is 0 Å². The Morgan fingerprint density at radius 2 is 1.73 bits per heavy atom. The highest BCUT2D eigenvalue weighted by molar-refractivity contribution is 6.32. The first-order valence-electron chi connectivity index (χ1n) is 6.31. The fourth-order valence-corrected chi connectivity index (χ4v) is 2.51. The van der Waals surface area contributed by atoms with Gasteiger partial charge in [0.05, 0.1) is 16.8 Å². The highest BCUT2D eigenvalue weighted by Gasteiger charge is 2.39. The monoisotopic (exact) mass is 319 g/mol. The first-order chi connectivity index (χ1) is 10.4. The van der Waals surface area contributed by atoms with Crippen molar-refractivity contribution in [1.29, 1.82) is 0 Å². The molecule has 0 bridgehead atoms. The van der Waals surface area contributed by atoms with E-state index in [1.807, 2.05) is 0 Å². The Morgan fingerprint density at radius 1 is 1.18 bits per heavy atom. The van der Waals surface area contributed by atoms with E-state index in [0.29, 0.717) is 10.8 Å². The maximum absolute atomic E-state index is 12.2. The molecule has 1 aliphatic rings. The molecule has 3 rings (SSSR count). The Balaban J connectivity index is 1.90. The maximum atomic E-state index is 12.2. The van der Waals surface area contributed by atoms with E-state index in [4.69, 9.17) is 16.4 Å². The van der Waals surface area contributed by atoms with Gasteiger partial charge in [0, 0.05) is 7.05 Å². The van der Waals surface area contributed by atoms with E-state index in [9.17, 15) is 14.4 Å². The number of aromatic nitrogens is 2. The van der Waals surface area contributed by atoms with Crippen LogP contribution in [0.1, 0.15) is 36.8 Å². The molecule has 0 atom stereocenters. The Bertz CT molecular complexity index is 792. The van der Waals surface area contributed by atoms with Crippen LogP contribution >= 0.6 is 11.6 Å². The second kappa shape index (κ2) is 4.96. The number of halogens is 1. The third-order valence-electron chi connectivity index (χ3n) is 3.43. The van der Waals surface area contributed by atoms with Gasteiger partial charge in [0.2, 0.25) is 0 Å². The molecule has 0 N–H and O–H groups in total. The summed E-state index contributed by atoms with van der Waals surface area (Å²) in [6.45, 7) is 1.62. The van der Waals surface area contributed by atoms with Gasteiger partial charge in [0.25, 0.3) is 11.8 Å². The fourth-order valence-electron chi connectivity index (χ4n) is 2.18. The lowest BCUT2D eigenvalue weighted by molar-refractivity contribution is -0.0585. The van der Waals surface area contributed by atoms with Gasteiger partial charge in [-0.3, -0.25) is 14.3 Å². The largest absolute Gasteiger partial charge is 0.368 e. The van der Waals surface area contributed by atoms with E-state index in [2.05, 4.69) is 5.10 Å². The molecule has 2 aromatic rings. The van der Waals surface area contributed by atoms with Crippen LogP contribution in [0, 0.1) is 6.92 Å². The molecular weight excluding hydrogens is 310 g/mol. The third kappa shape index (κ3) is 1.98. The summed E-state index contributed by atoms with van der Waals surface area (Å²) in [5.74, 6) is -2.29. The van der Waals surface area contributed by atoms with Gasteiger partial charge < -0.3 is 4.84 Å². The van der Waals surface area contributed by atoms with Crippen molar-refractivity contribution in [1.82, 2.24) is 14.8 Å². The van der Waals surface area contributed by atoms with Crippen molar-refractivity contribution in [3.8, 4) is 0 Å². The van der Waals surface area contributed by atoms with Crippen LogP contribution in [0.5, 0.6) is 0 Å². The van der Waals surface area contributed by atoms with Crippen LogP contribution in [-0.4, -0.2) is 32.6 Å². The molecule has 112 valence electrons. The number of benzene rings is 1. The molecule has 0 spiro atoms. The van der Waals surface area contributed by atoms with E-state index in [-0.39, 0.29) is 21.8 Å². The lowest BCUT2D eigenvalue weighted by atomic mass is 10.1. The second-order valence-corrected chi connectivity index (χ2v) is 5.06. The van der Waals surface area contributed by atoms with E-state index in [0.717, 1.165) is 0 Å². The van der Waals surface area contributed by atoms with Crippen molar-refractivity contribution < 1.29 is 19.2 Å². The van der Waals surface area contributed by atoms with Gasteiger partial charge in [0.15, 0.2) is 5.15 Å². The van der Waals surface area contributed by atoms with Gasteiger partial charge in [-0.15, -0.1) is 0 Å². The summed E-state index contributed by atoms with van der Waals surface area (Å²) in [6, 6.07) is 6.23. The van der Waals surface area contributed by atoms with Crippen LogP contribution in [0.4, 0.5) is 0 Å². The van der Waals surface area contributed by atoms with Crippen LogP contribution in [-0.2, 0) is 11.9 Å². The molecule has 7 nitrogen and oxygen atoms in total. The number of hydrogen-bond donors (Lipinski definition) is 0. The number of imide groups is 1. The quantitative estimate of drug-likeness (QED) is 0.788. The van der Waals surface area contributed by atoms with Crippen molar-refractivity contribution >= 4 is 29.4 Å². The molecule has 2 heterocycles. The Kier molecular flexibility index (Phi) is 3.22. The zero-order chi connectivity index (χ0) is 16.0. The van der Waals surface area contributed by atoms with Crippen LogP contribution in [0.2, 0.25) is 5.15 Å². The van der Waals surface area contributed by atoms with E-state index < -0.39 is 17.8 Å². The third-order valence-corrected chi connectivity index (χ3v) is 3.69. The predicted molar refractivity (Wildman–Crippen MR) is 75.3 cm³/mol. The van der Waals surface area contributed by atoms with Gasteiger partial charge in [-0.25, -0.2) is 4.79 Å². The second-order valence-electron chi connectivity index (χ2n) is 4.70. The zero-order valence-corrected chi connectivity index (χ0v) is 12.4. The summed E-state index contributed by atoms with van der Waals surface area (Å²) in [5, 5.41) is 4.26. The Morgan fingerprint density at radius 3 is 2.18 bits per heavy atom. The van der Waals surface area contributed by atoms with Crippen molar-refractivity contribution in [2.24, 2.45) is 7.05 Å². The number of carbonyl (C=O) groups is 3. The summed E-state index contributed by atoms with van der Waals surface area (Å²) in [5.41, 5.74) is 0.857. The summed E-state index contributed by atoms with van der Waals surface area (Å²) >= 11 is 5.87. The summed E-state index contributed by atoms with van der Waals surface area (Å²) in [4.78, 5) is 41.4. The smallest absolute Gasteiger partial charge is 0.324 e. The van der Waals surface area contributed by atoms with E-state index in [1.165, 1.54) is 16.8 Å². The van der Waals surface area contributed by atoms with Gasteiger partial charge in [-0.05, 0) is 19.1 Å². The molecule has 22 heavy (non-hydrogen) atoms. The molecule has 0 unspecified atom stereocenters. The lowest BCUT2D eigenvalue weighted by Gasteiger charge is -2.12. The SMILES string of the molecule is Cc1c(C(=O)ON2C(=O)c3ccccc3C2=O)c(Cl)nn1C. The number of hydroxylamine groups is 2. The summed E-state index contributed by atoms with van der Waals surface area (Å²) < 4.78 is 1.40. The summed E-state index contributed by atoms with van der Waals surface area (Å²) in [7, 11) is 1.61. The minimum atomic E-state index is -0.912. The van der Waals surface area contributed by atoms with Crippen molar-refractivity contribution in [3.05, 3.63) is 51.8 Å². The first-order valence-corrected chi connectivity index (χ1v) is 6.69. The molecular formula is C14H10ClN3O4. The minimum Gasteiger partial charge on any atom is -0.324 e. The molecule has 8 heteroatoms. The number of rotatable bonds is 2.